The molecular formula is C11H12BrN3OS2. The molecule has 2 rings (SSSR count). The number of thiophene rings is 1. The van der Waals surface area contributed by atoms with Gasteiger partial charge in [0.25, 0.3) is 5.91 Å². The highest BCUT2D eigenvalue weighted by molar-refractivity contribution is 9.10. The van der Waals surface area contributed by atoms with E-state index in [2.05, 4.69) is 37.8 Å². The number of nitrogens with one attached hydrogen (secondary N) is 1. The summed E-state index contributed by atoms with van der Waals surface area (Å²) in [4.78, 5) is 13.8. The molecule has 0 radical (unpaired) electrons. The van der Waals surface area contributed by atoms with Gasteiger partial charge < -0.3 is 5.32 Å². The minimum absolute atomic E-state index is 0.0891. The van der Waals surface area contributed by atoms with Crippen molar-refractivity contribution in [3.63, 3.8) is 0 Å². The summed E-state index contributed by atoms with van der Waals surface area (Å²) in [5.41, 5.74) is 0.797. The molecule has 0 aliphatic carbocycles. The molecule has 2 aromatic heterocycles. The van der Waals surface area contributed by atoms with Gasteiger partial charge in [-0.05, 0) is 45.3 Å². The van der Waals surface area contributed by atoms with Gasteiger partial charge in [-0.2, -0.15) is 0 Å². The summed E-state index contributed by atoms with van der Waals surface area (Å²) in [6.45, 7) is 2.59. The molecule has 0 spiro atoms. The fourth-order valence-electron chi connectivity index (χ4n) is 1.47. The maximum Gasteiger partial charge on any atom is 0.265 e. The summed E-state index contributed by atoms with van der Waals surface area (Å²) >= 11 is 6.21. The number of rotatable bonds is 5. The molecule has 1 amide bonds. The number of carbonyl (C=O) groups is 1. The minimum atomic E-state index is -0.0891. The third-order valence-corrected chi connectivity index (χ3v) is 5.04. The molecule has 18 heavy (non-hydrogen) atoms. The third kappa shape index (κ3) is 3.15. The lowest BCUT2D eigenvalue weighted by Crippen LogP contribution is -2.22. The highest BCUT2D eigenvalue weighted by Gasteiger charge is 2.15. The molecule has 2 aromatic rings. The molecule has 7 heteroatoms. The number of carbonyl (C=O) groups excluding carboxylic acids is 1. The van der Waals surface area contributed by atoms with E-state index in [0.29, 0.717) is 11.4 Å². The zero-order valence-corrected chi connectivity index (χ0v) is 13.0. The van der Waals surface area contributed by atoms with Crippen molar-refractivity contribution in [3.05, 3.63) is 31.4 Å². The van der Waals surface area contributed by atoms with Gasteiger partial charge in [-0.1, -0.05) is 17.8 Å². The first-order chi connectivity index (χ1) is 8.72. The standard InChI is InChI=1S/C11H12BrN3OS2/c1-2-3-8-10(18-15-14-8)11(16)13-6-9-7(12)4-5-17-9/h4-5H,2-3,6H2,1H3,(H,13,16). The molecule has 0 bridgehead atoms. The Kier molecular flexibility index (Phi) is 4.85. The van der Waals surface area contributed by atoms with Gasteiger partial charge in [-0.25, -0.2) is 0 Å². The number of aryl methyl sites for hydroxylation is 1. The predicted octanol–water partition coefficient (Wildman–Crippen LogP) is 3.24. The summed E-state index contributed by atoms with van der Waals surface area (Å²) in [6, 6.07) is 1.98. The average molecular weight is 346 g/mol. The first-order valence-corrected chi connectivity index (χ1v) is 7.98. The predicted molar refractivity (Wildman–Crippen MR) is 77.1 cm³/mol. The van der Waals surface area contributed by atoms with Crippen LogP contribution in [0.1, 0.15) is 33.6 Å². The molecule has 0 saturated carbocycles. The summed E-state index contributed by atoms with van der Waals surface area (Å²) < 4.78 is 4.88. The molecule has 0 atom stereocenters. The second-order valence-corrected chi connectivity index (χ2v) is 6.28. The number of aromatic nitrogens is 2. The van der Waals surface area contributed by atoms with Crippen LogP contribution in [0.5, 0.6) is 0 Å². The molecule has 0 saturated heterocycles. The topological polar surface area (TPSA) is 54.9 Å². The minimum Gasteiger partial charge on any atom is -0.346 e. The molecule has 96 valence electrons. The second kappa shape index (κ2) is 6.40. The molecule has 0 unspecified atom stereocenters. The van der Waals surface area contributed by atoms with Gasteiger partial charge in [0.15, 0.2) is 0 Å². The van der Waals surface area contributed by atoms with Crippen LogP contribution in [-0.2, 0) is 13.0 Å². The fraction of sp³-hybridized carbons (Fsp3) is 0.364. The maximum atomic E-state index is 12.0. The van der Waals surface area contributed by atoms with Crippen LogP contribution >= 0.6 is 38.8 Å². The lowest BCUT2D eigenvalue weighted by molar-refractivity contribution is 0.0954. The van der Waals surface area contributed by atoms with Gasteiger partial charge in [0, 0.05) is 9.35 Å². The lowest BCUT2D eigenvalue weighted by atomic mass is 10.2. The van der Waals surface area contributed by atoms with Crippen LogP contribution in [0.15, 0.2) is 15.9 Å². The SMILES string of the molecule is CCCc1nnsc1C(=O)NCc1sccc1Br. The number of nitrogens with zero attached hydrogens (tertiary/aromatic N) is 2. The third-order valence-electron chi connectivity index (χ3n) is 2.35. The van der Waals surface area contributed by atoms with E-state index in [-0.39, 0.29) is 5.91 Å². The van der Waals surface area contributed by atoms with Crippen molar-refractivity contribution in [2.75, 3.05) is 0 Å². The Bertz CT molecular complexity index is 538. The summed E-state index contributed by atoms with van der Waals surface area (Å²) in [7, 11) is 0. The molecule has 0 fully saturated rings. The van der Waals surface area contributed by atoms with E-state index >= 15 is 0 Å². The van der Waals surface area contributed by atoms with Crippen molar-refractivity contribution >= 4 is 44.7 Å². The van der Waals surface area contributed by atoms with Gasteiger partial charge >= 0.3 is 0 Å². The van der Waals surface area contributed by atoms with Crippen molar-refractivity contribution in [1.29, 1.82) is 0 Å². The monoisotopic (exact) mass is 345 g/mol. The Hall–Kier alpha value is -0.790. The van der Waals surface area contributed by atoms with E-state index in [0.717, 1.165) is 39.4 Å². The summed E-state index contributed by atoms with van der Waals surface area (Å²) in [6.07, 6.45) is 1.75. The Labute approximate surface area is 122 Å². The molecule has 0 aromatic carbocycles. The van der Waals surface area contributed by atoms with Crippen molar-refractivity contribution in [2.45, 2.75) is 26.3 Å². The Morgan fingerprint density at radius 1 is 1.56 bits per heavy atom. The molecule has 0 aliphatic heterocycles. The highest BCUT2D eigenvalue weighted by Crippen LogP contribution is 2.22. The van der Waals surface area contributed by atoms with E-state index in [1.807, 2.05) is 11.4 Å². The number of amides is 1. The Morgan fingerprint density at radius 3 is 3.06 bits per heavy atom. The average Bonchev–Trinajstić information content (AvgIpc) is 2.96. The van der Waals surface area contributed by atoms with Crippen LogP contribution < -0.4 is 5.32 Å². The van der Waals surface area contributed by atoms with Gasteiger partial charge in [-0.15, -0.1) is 16.4 Å². The first kappa shape index (κ1) is 13.6. The van der Waals surface area contributed by atoms with Crippen molar-refractivity contribution in [2.24, 2.45) is 0 Å². The van der Waals surface area contributed by atoms with E-state index in [1.165, 1.54) is 0 Å². The van der Waals surface area contributed by atoms with Crippen molar-refractivity contribution in [1.82, 2.24) is 14.9 Å². The van der Waals surface area contributed by atoms with Crippen LogP contribution in [0.25, 0.3) is 0 Å². The zero-order valence-electron chi connectivity index (χ0n) is 9.77. The van der Waals surface area contributed by atoms with E-state index in [1.54, 1.807) is 11.3 Å². The quantitative estimate of drug-likeness (QED) is 0.904. The number of hydrogen-bond acceptors (Lipinski definition) is 5. The van der Waals surface area contributed by atoms with Gasteiger partial charge in [-0.3, -0.25) is 4.79 Å². The van der Waals surface area contributed by atoms with Crippen LogP contribution in [0.3, 0.4) is 0 Å². The van der Waals surface area contributed by atoms with Crippen molar-refractivity contribution in [3.8, 4) is 0 Å². The molecule has 4 nitrogen and oxygen atoms in total. The Morgan fingerprint density at radius 2 is 2.39 bits per heavy atom. The largest absolute Gasteiger partial charge is 0.346 e. The summed E-state index contributed by atoms with van der Waals surface area (Å²) in [5.74, 6) is -0.0891. The second-order valence-electron chi connectivity index (χ2n) is 3.67. The normalized spacial score (nSPS) is 10.6. The lowest BCUT2D eigenvalue weighted by Gasteiger charge is -2.03. The Balaban J connectivity index is 1.99. The van der Waals surface area contributed by atoms with Gasteiger partial charge in [0.2, 0.25) is 0 Å². The fourth-order valence-corrected chi connectivity index (χ4v) is 3.53. The first-order valence-electron chi connectivity index (χ1n) is 5.53. The van der Waals surface area contributed by atoms with Gasteiger partial charge in [0.05, 0.1) is 12.2 Å². The number of halogens is 1. The zero-order chi connectivity index (χ0) is 13.0. The molecule has 2 heterocycles. The molecule has 0 aliphatic rings. The van der Waals surface area contributed by atoms with Crippen molar-refractivity contribution < 1.29 is 4.79 Å². The van der Waals surface area contributed by atoms with Crippen LogP contribution in [0, 0.1) is 0 Å². The van der Waals surface area contributed by atoms with E-state index < -0.39 is 0 Å². The maximum absolute atomic E-state index is 12.0. The highest BCUT2D eigenvalue weighted by atomic mass is 79.9. The molecular weight excluding hydrogens is 334 g/mol. The van der Waals surface area contributed by atoms with E-state index in [4.69, 9.17) is 0 Å². The number of hydrogen-bond donors (Lipinski definition) is 1. The molecule has 1 N–H and O–H groups in total. The van der Waals surface area contributed by atoms with Crippen LogP contribution in [0.2, 0.25) is 0 Å². The van der Waals surface area contributed by atoms with E-state index in [9.17, 15) is 4.79 Å². The van der Waals surface area contributed by atoms with Crippen LogP contribution in [-0.4, -0.2) is 15.5 Å². The van der Waals surface area contributed by atoms with Crippen LogP contribution in [0.4, 0.5) is 0 Å². The van der Waals surface area contributed by atoms with Gasteiger partial charge in [0.1, 0.15) is 4.88 Å². The summed E-state index contributed by atoms with van der Waals surface area (Å²) in [5, 5.41) is 8.88. The smallest absolute Gasteiger partial charge is 0.265 e.